The van der Waals surface area contributed by atoms with Crippen LogP contribution in [-0.2, 0) is 14.8 Å². The third-order valence-corrected chi connectivity index (χ3v) is 9.54. The third-order valence-electron chi connectivity index (χ3n) is 6.45. The van der Waals surface area contributed by atoms with E-state index in [1.807, 2.05) is 26.0 Å². The fraction of sp³-hybridized carbons (Fsp3) is 0.462. The molecule has 35 heavy (non-hydrogen) atoms. The zero-order valence-corrected chi connectivity index (χ0v) is 22.5. The van der Waals surface area contributed by atoms with Crippen molar-refractivity contribution in [3.63, 3.8) is 0 Å². The number of hydrogen-bond acceptors (Lipinski definition) is 6. The van der Waals surface area contributed by atoms with Gasteiger partial charge in [0.25, 0.3) is 5.91 Å². The van der Waals surface area contributed by atoms with E-state index < -0.39 is 10.0 Å². The lowest BCUT2D eigenvalue weighted by Gasteiger charge is -2.24. The first kappa shape index (κ1) is 25.8. The number of carbonyl (C=O) groups is 1. The Labute approximate surface area is 211 Å². The van der Waals surface area contributed by atoms with Crippen molar-refractivity contribution in [1.82, 2.24) is 9.29 Å². The van der Waals surface area contributed by atoms with Crippen molar-refractivity contribution in [1.29, 1.82) is 0 Å². The predicted octanol–water partition coefficient (Wildman–Crippen LogP) is 5.27. The standard InChI is InChI=1S/C26H33N3O4S2/c1-17(2)22-9-6-10-23-24(22)27-26(34-23)29(16-20-8-7-15-33-20)25(30)19-11-13-21(14-12-19)35(31,32)28(5)18(3)4/h6,9-14,17-18,20H,7-8,15-16H2,1-5H3. The molecule has 1 saturated heterocycles. The fourth-order valence-electron chi connectivity index (χ4n) is 4.15. The number of rotatable bonds is 8. The predicted molar refractivity (Wildman–Crippen MR) is 141 cm³/mol. The second-order valence-electron chi connectivity index (χ2n) is 9.54. The quantitative estimate of drug-likeness (QED) is 0.408. The number of para-hydroxylation sites is 1. The summed E-state index contributed by atoms with van der Waals surface area (Å²) in [5.41, 5.74) is 2.49. The van der Waals surface area contributed by atoms with Crippen LogP contribution >= 0.6 is 11.3 Å². The normalized spacial score (nSPS) is 16.6. The minimum absolute atomic E-state index is 0.0464. The van der Waals surface area contributed by atoms with Crippen LogP contribution in [0.4, 0.5) is 5.13 Å². The molecule has 1 aromatic heterocycles. The number of hydrogen-bond donors (Lipinski definition) is 0. The molecular weight excluding hydrogens is 482 g/mol. The number of sulfonamides is 1. The van der Waals surface area contributed by atoms with Crippen molar-refractivity contribution in [2.45, 2.75) is 63.5 Å². The highest BCUT2D eigenvalue weighted by molar-refractivity contribution is 7.89. The van der Waals surface area contributed by atoms with Crippen molar-refractivity contribution in [3.8, 4) is 0 Å². The number of thiazole rings is 1. The number of carbonyl (C=O) groups excluding carboxylic acids is 1. The minimum Gasteiger partial charge on any atom is -0.376 e. The van der Waals surface area contributed by atoms with Gasteiger partial charge in [-0.3, -0.25) is 9.69 Å². The van der Waals surface area contributed by atoms with Crippen LogP contribution in [0.1, 0.15) is 62.4 Å². The molecule has 0 spiro atoms. The first-order valence-corrected chi connectivity index (χ1v) is 14.3. The van der Waals surface area contributed by atoms with Gasteiger partial charge in [-0.2, -0.15) is 4.31 Å². The number of anilines is 1. The van der Waals surface area contributed by atoms with Gasteiger partial charge >= 0.3 is 0 Å². The molecule has 1 aliphatic heterocycles. The van der Waals surface area contributed by atoms with E-state index in [4.69, 9.17) is 9.72 Å². The van der Waals surface area contributed by atoms with Crippen LogP contribution < -0.4 is 4.90 Å². The lowest BCUT2D eigenvalue weighted by molar-refractivity contribution is 0.0917. The minimum atomic E-state index is -3.62. The summed E-state index contributed by atoms with van der Waals surface area (Å²) in [5.74, 6) is 0.0984. The number of fused-ring (bicyclic) bond motifs is 1. The molecule has 1 aliphatic rings. The smallest absolute Gasteiger partial charge is 0.260 e. The molecule has 3 aromatic rings. The van der Waals surface area contributed by atoms with Gasteiger partial charge in [0.2, 0.25) is 10.0 Å². The van der Waals surface area contributed by atoms with Crippen molar-refractivity contribution in [3.05, 3.63) is 53.6 Å². The van der Waals surface area contributed by atoms with Gasteiger partial charge in [-0.25, -0.2) is 13.4 Å². The molecule has 0 bridgehead atoms. The molecule has 1 fully saturated rings. The van der Waals surface area contributed by atoms with Gasteiger partial charge in [-0.1, -0.05) is 37.3 Å². The van der Waals surface area contributed by atoms with E-state index in [9.17, 15) is 13.2 Å². The van der Waals surface area contributed by atoms with Crippen LogP contribution in [0.3, 0.4) is 0 Å². The summed E-state index contributed by atoms with van der Waals surface area (Å²) in [7, 11) is -2.07. The van der Waals surface area contributed by atoms with E-state index >= 15 is 0 Å². The lowest BCUT2D eigenvalue weighted by atomic mass is 10.0. The molecule has 1 atom stereocenters. The SMILES string of the molecule is CC(C)c1cccc2sc(N(CC3CCCO3)C(=O)c3ccc(S(=O)(=O)N(C)C(C)C)cc3)nc12. The first-order valence-electron chi connectivity index (χ1n) is 12.0. The summed E-state index contributed by atoms with van der Waals surface area (Å²) in [6.07, 6.45) is 1.82. The van der Waals surface area contributed by atoms with Gasteiger partial charge in [-0.15, -0.1) is 0 Å². The summed E-state index contributed by atoms with van der Waals surface area (Å²) >= 11 is 1.49. The van der Waals surface area contributed by atoms with Crippen LogP contribution in [-0.4, -0.2) is 56.0 Å². The molecule has 0 radical (unpaired) electrons. The molecule has 0 aliphatic carbocycles. The van der Waals surface area contributed by atoms with E-state index in [1.54, 1.807) is 24.1 Å². The Morgan fingerprint density at radius 1 is 1.14 bits per heavy atom. The Morgan fingerprint density at radius 2 is 1.86 bits per heavy atom. The maximum atomic E-state index is 13.7. The van der Waals surface area contributed by atoms with Crippen LogP contribution in [0.25, 0.3) is 10.2 Å². The Balaban J connectivity index is 1.69. The summed E-state index contributed by atoms with van der Waals surface area (Å²) in [6, 6.07) is 12.1. The molecule has 188 valence electrons. The van der Waals surface area contributed by atoms with E-state index in [-0.39, 0.29) is 22.9 Å². The van der Waals surface area contributed by atoms with Gasteiger partial charge in [0.15, 0.2) is 5.13 Å². The van der Waals surface area contributed by atoms with E-state index in [0.29, 0.717) is 29.8 Å². The highest BCUT2D eigenvalue weighted by Gasteiger charge is 2.28. The summed E-state index contributed by atoms with van der Waals surface area (Å²) in [6.45, 7) is 9.01. The number of amides is 1. The molecule has 0 saturated carbocycles. The molecule has 0 N–H and O–H groups in total. The zero-order chi connectivity index (χ0) is 25.3. The van der Waals surface area contributed by atoms with Gasteiger partial charge in [0, 0.05) is 25.3 Å². The van der Waals surface area contributed by atoms with Crippen molar-refractivity contribution < 1.29 is 17.9 Å². The van der Waals surface area contributed by atoms with E-state index in [0.717, 1.165) is 28.6 Å². The monoisotopic (exact) mass is 515 g/mol. The molecular formula is C26H33N3O4S2. The molecule has 2 aromatic carbocycles. The average molecular weight is 516 g/mol. The van der Waals surface area contributed by atoms with Crippen LogP contribution in [0.5, 0.6) is 0 Å². The van der Waals surface area contributed by atoms with Crippen molar-refractivity contribution in [2.24, 2.45) is 0 Å². The molecule has 7 nitrogen and oxygen atoms in total. The highest BCUT2D eigenvalue weighted by atomic mass is 32.2. The van der Waals surface area contributed by atoms with Gasteiger partial charge in [-0.05, 0) is 68.5 Å². The van der Waals surface area contributed by atoms with E-state index in [2.05, 4.69) is 19.9 Å². The Bertz CT molecular complexity index is 1290. The van der Waals surface area contributed by atoms with Crippen LogP contribution in [0.2, 0.25) is 0 Å². The first-order chi connectivity index (χ1) is 16.6. The Morgan fingerprint density at radius 3 is 2.46 bits per heavy atom. The summed E-state index contributed by atoms with van der Waals surface area (Å²) in [4.78, 5) is 20.5. The number of benzene rings is 2. The fourth-order valence-corrected chi connectivity index (χ4v) is 6.52. The average Bonchev–Trinajstić information content (AvgIpc) is 3.50. The largest absolute Gasteiger partial charge is 0.376 e. The third kappa shape index (κ3) is 5.28. The topological polar surface area (TPSA) is 79.8 Å². The molecule has 1 amide bonds. The summed E-state index contributed by atoms with van der Waals surface area (Å²) < 4.78 is 33.9. The van der Waals surface area contributed by atoms with Crippen LogP contribution in [0.15, 0.2) is 47.4 Å². The molecule has 2 heterocycles. The molecule has 4 rings (SSSR count). The number of nitrogens with zero attached hydrogens (tertiary/aromatic N) is 3. The lowest BCUT2D eigenvalue weighted by Crippen LogP contribution is -2.37. The number of aromatic nitrogens is 1. The van der Waals surface area contributed by atoms with Crippen molar-refractivity contribution in [2.75, 3.05) is 25.1 Å². The number of ether oxygens (including phenoxy) is 1. The maximum absolute atomic E-state index is 13.7. The van der Waals surface area contributed by atoms with Gasteiger partial charge < -0.3 is 4.74 Å². The van der Waals surface area contributed by atoms with Gasteiger partial charge in [0.1, 0.15) is 0 Å². The highest BCUT2D eigenvalue weighted by Crippen LogP contribution is 2.35. The van der Waals surface area contributed by atoms with Crippen molar-refractivity contribution >= 4 is 42.6 Å². The second-order valence-corrected chi connectivity index (χ2v) is 12.5. The maximum Gasteiger partial charge on any atom is 0.260 e. The Kier molecular flexibility index (Phi) is 7.61. The summed E-state index contributed by atoms with van der Waals surface area (Å²) in [5, 5.41) is 0.629. The van der Waals surface area contributed by atoms with Gasteiger partial charge in [0.05, 0.1) is 27.8 Å². The molecule has 1 unspecified atom stereocenters. The molecule has 9 heteroatoms. The second kappa shape index (κ2) is 10.3. The van der Waals surface area contributed by atoms with Crippen LogP contribution in [0, 0.1) is 0 Å². The Hall–Kier alpha value is -2.33. The zero-order valence-electron chi connectivity index (χ0n) is 20.9. The van der Waals surface area contributed by atoms with E-state index in [1.165, 1.54) is 27.8 Å².